The summed E-state index contributed by atoms with van der Waals surface area (Å²) in [5.41, 5.74) is 0.781. The molecule has 0 aliphatic rings. The van der Waals surface area contributed by atoms with Gasteiger partial charge in [-0.25, -0.2) is 4.68 Å². The summed E-state index contributed by atoms with van der Waals surface area (Å²) < 4.78 is 8.57. The minimum Gasteiger partial charge on any atom is -0.470 e. The number of halogens is 2. The lowest BCUT2D eigenvalue weighted by molar-refractivity contribution is 0.0816. The lowest BCUT2D eigenvalue weighted by atomic mass is 10.3. The Bertz CT molecular complexity index is 1080. The van der Waals surface area contributed by atoms with Gasteiger partial charge in [0.05, 0.1) is 16.9 Å². The van der Waals surface area contributed by atoms with Gasteiger partial charge in [-0.2, -0.15) is 10.2 Å². The molecule has 2 heterocycles. The summed E-state index contributed by atoms with van der Waals surface area (Å²) in [4.78, 5) is 26.5. The van der Waals surface area contributed by atoms with Gasteiger partial charge in [-0.15, -0.1) is 0 Å². The molecule has 3 aromatic rings. The van der Waals surface area contributed by atoms with E-state index >= 15 is 0 Å². The molecule has 0 fully saturated rings. The van der Waals surface area contributed by atoms with Crippen molar-refractivity contribution in [2.24, 2.45) is 0 Å². The summed E-state index contributed by atoms with van der Waals surface area (Å²) in [6.07, 6.45) is 3.04. The van der Waals surface area contributed by atoms with Crippen LogP contribution < -0.4 is 10.1 Å². The molecule has 158 valence electrons. The highest BCUT2D eigenvalue weighted by Crippen LogP contribution is 2.27. The topological polar surface area (TPSA) is 94.3 Å². The SMILES string of the molecule is CCn1ncc(NC(=O)c2ccn(COc3ccc(Cl)cc3Cl)n2)c1C(=O)N(C)C. The molecule has 0 radical (unpaired) electrons. The maximum Gasteiger partial charge on any atom is 0.276 e. The van der Waals surface area contributed by atoms with Crippen LogP contribution in [0, 0.1) is 0 Å². The van der Waals surface area contributed by atoms with Gasteiger partial charge >= 0.3 is 0 Å². The van der Waals surface area contributed by atoms with E-state index in [0.717, 1.165) is 0 Å². The second-order valence-electron chi connectivity index (χ2n) is 6.46. The molecule has 2 aromatic heterocycles. The summed E-state index contributed by atoms with van der Waals surface area (Å²) in [6.45, 7) is 2.40. The molecule has 3 rings (SSSR count). The zero-order valence-electron chi connectivity index (χ0n) is 16.6. The Kier molecular flexibility index (Phi) is 6.63. The van der Waals surface area contributed by atoms with E-state index in [9.17, 15) is 9.59 Å². The van der Waals surface area contributed by atoms with Crippen LogP contribution in [-0.2, 0) is 13.3 Å². The Balaban J connectivity index is 1.70. The van der Waals surface area contributed by atoms with Crippen molar-refractivity contribution in [2.75, 3.05) is 19.4 Å². The third kappa shape index (κ3) is 4.74. The van der Waals surface area contributed by atoms with Crippen molar-refractivity contribution >= 4 is 40.7 Å². The van der Waals surface area contributed by atoms with Gasteiger partial charge in [0.2, 0.25) is 0 Å². The zero-order chi connectivity index (χ0) is 21.8. The molecule has 0 saturated heterocycles. The average molecular weight is 451 g/mol. The van der Waals surface area contributed by atoms with Crippen LogP contribution in [0.15, 0.2) is 36.7 Å². The second-order valence-corrected chi connectivity index (χ2v) is 7.31. The van der Waals surface area contributed by atoms with Crippen LogP contribution >= 0.6 is 23.2 Å². The van der Waals surface area contributed by atoms with E-state index in [1.807, 2.05) is 6.92 Å². The molecule has 0 spiro atoms. The summed E-state index contributed by atoms with van der Waals surface area (Å²) >= 11 is 11.9. The average Bonchev–Trinajstić information content (AvgIpc) is 3.33. The number of ether oxygens (including phenoxy) is 1. The molecule has 1 aromatic carbocycles. The second kappa shape index (κ2) is 9.19. The highest BCUT2D eigenvalue weighted by Gasteiger charge is 2.22. The van der Waals surface area contributed by atoms with Crippen molar-refractivity contribution in [3.8, 4) is 5.75 Å². The number of aromatic nitrogens is 4. The van der Waals surface area contributed by atoms with E-state index in [0.29, 0.717) is 33.7 Å². The van der Waals surface area contributed by atoms with Gasteiger partial charge in [-0.1, -0.05) is 23.2 Å². The first-order valence-corrected chi connectivity index (χ1v) is 9.75. The zero-order valence-corrected chi connectivity index (χ0v) is 18.1. The Morgan fingerprint density at radius 2 is 2.00 bits per heavy atom. The standard InChI is InChI=1S/C19H20Cl2N6O3/c1-4-27-17(19(29)25(2)3)15(10-22-27)23-18(28)14-7-8-26(24-14)11-30-16-6-5-12(20)9-13(16)21/h5-10H,4,11H2,1-3H3,(H,23,28). The minimum absolute atomic E-state index is 0.0484. The molecule has 0 atom stereocenters. The van der Waals surface area contributed by atoms with Crippen molar-refractivity contribution in [2.45, 2.75) is 20.2 Å². The Morgan fingerprint density at radius 3 is 2.67 bits per heavy atom. The summed E-state index contributed by atoms with van der Waals surface area (Å²) in [5, 5.41) is 11.9. The highest BCUT2D eigenvalue weighted by atomic mass is 35.5. The van der Waals surface area contributed by atoms with Crippen molar-refractivity contribution < 1.29 is 14.3 Å². The summed E-state index contributed by atoms with van der Waals surface area (Å²) in [7, 11) is 3.27. The first-order chi connectivity index (χ1) is 14.3. The number of aryl methyl sites for hydroxylation is 1. The Labute approximate surface area is 183 Å². The summed E-state index contributed by atoms with van der Waals surface area (Å²) in [5.74, 6) is -0.286. The molecule has 11 heteroatoms. The van der Waals surface area contributed by atoms with Gasteiger partial charge < -0.3 is 15.0 Å². The first-order valence-electron chi connectivity index (χ1n) is 9.00. The monoisotopic (exact) mass is 450 g/mol. The van der Waals surface area contributed by atoms with Gasteiger partial charge in [-0.3, -0.25) is 14.3 Å². The number of carbonyl (C=O) groups is 2. The number of nitrogens with zero attached hydrogens (tertiary/aromatic N) is 5. The molecule has 0 unspecified atom stereocenters. The van der Waals surface area contributed by atoms with Gasteiger partial charge in [-0.05, 0) is 31.2 Å². The van der Waals surface area contributed by atoms with Gasteiger partial charge in [0.15, 0.2) is 12.4 Å². The van der Waals surface area contributed by atoms with Crippen molar-refractivity contribution in [1.29, 1.82) is 0 Å². The number of nitrogens with one attached hydrogen (secondary N) is 1. The largest absolute Gasteiger partial charge is 0.470 e. The molecule has 0 aliphatic heterocycles. The molecule has 1 N–H and O–H groups in total. The fraction of sp³-hybridized carbons (Fsp3) is 0.263. The normalized spacial score (nSPS) is 10.7. The maximum absolute atomic E-state index is 12.6. The fourth-order valence-corrected chi connectivity index (χ4v) is 3.09. The number of benzene rings is 1. The lowest BCUT2D eigenvalue weighted by Crippen LogP contribution is -2.26. The molecule has 0 aliphatic carbocycles. The third-order valence-electron chi connectivity index (χ3n) is 4.12. The number of rotatable bonds is 7. The minimum atomic E-state index is -0.471. The van der Waals surface area contributed by atoms with Gasteiger partial charge in [0, 0.05) is 31.9 Å². The quantitative estimate of drug-likeness (QED) is 0.594. The lowest BCUT2D eigenvalue weighted by Gasteiger charge is -2.13. The van der Waals surface area contributed by atoms with Crippen LogP contribution in [0.1, 0.15) is 27.9 Å². The van der Waals surface area contributed by atoms with Crippen LogP contribution in [0.3, 0.4) is 0 Å². The fourth-order valence-electron chi connectivity index (χ4n) is 2.62. The predicted octanol–water partition coefficient (Wildman–Crippen LogP) is 3.40. The number of carbonyl (C=O) groups excluding carboxylic acids is 2. The highest BCUT2D eigenvalue weighted by molar-refractivity contribution is 6.35. The van der Waals surface area contributed by atoms with Crippen LogP contribution in [-0.4, -0.2) is 50.4 Å². The van der Waals surface area contributed by atoms with E-state index in [-0.39, 0.29) is 18.3 Å². The van der Waals surface area contributed by atoms with E-state index in [2.05, 4.69) is 15.5 Å². The summed E-state index contributed by atoms with van der Waals surface area (Å²) in [6, 6.07) is 6.42. The first kappa shape index (κ1) is 21.7. The number of anilines is 1. The molecular weight excluding hydrogens is 431 g/mol. The van der Waals surface area contributed by atoms with E-state index in [1.165, 1.54) is 20.5 Å². The van der Waals surface area contributed by atoms with E-state index < -0.39 is 5.91 Å². The third-order valence-corrected chi connectivity index (χ3v) is 4.65. The van der Waals surface area contributed by atoms with Crippen LogP contribution in [0.5, 0.6) is 5.75 Å². The van der Waals surface area contributed by atoms with Gasteiger partial charge in [0.1, 0.15) is 11.4 Å². The molecule has 0 saturated carbocycles. The van der Waals surface area contributed by atoms with E-state index in [1.54, 1.807) is 44.6 Å². The van der Waals surface area contributed by atoms with Crippen molar-refractivity contribution in [3.63, 3.8) is 0 Å². The number of hydrogen-bond acceptors (Lipinski definition) is 5. The number of amides is 2. The van der Waals surface area contributed by atoms with Crippen molar-refractivity contribution in [1.82, 2.24) is 24.5 Å². The number of hydrogen-bond donors (Lipinski definition) is 1. The smallest absolute Gasteiger partial charge is 0.276 e. The Morgan fingerprint density at radius 1 is 1.23 bits per heavy atom. The van der Waals surface area contributed by atoms with Crippen LogP contribution in [0.2, 0.25) is 10.0 Å². The molecule has 30 heavy (non-hydrogen) atoms. The van der Waals surface area contributed by atoms with Crippen LogP contribution in [0.25, 0.3) is 0 Å². The van der Waals surface area contributed by atoms with Crippen LogP contribution in [0.4, 0.5) is 5.69 Å². The molecule has 9 nitrogen and oxygen atoms in total. The molecule has 0 bridgehead atoms. The Hall–Kier alpha value is -3.04. The van der Waals surface area contributed by atoms with E-state index in [4.69, 9.17) is 27.9 Å². The molecule has 2 amide bonds. The van der Waals surface area contributed by atoms with Gasteiger partial charge in [0.25, 0.3) is 11.8 Å². The predicted molar refractivity (Wildman–Crippen MR) is 113 cm³/mol. The maximum atomic E-state index is 12.6. The van der Waals surface area contributed by atoms with Crippen molar-refractivity contribution in [3.05, 3.63) is 58.1 Å². The molecular formula is C19H20Cl2N6O3.